The second-order valence-electron chi connectivity index (χ2n) is 7.39. The van der Waals surface area contributed by atoms with E-state index in [-0.39, 0.29) is 22.7 Å². The number of hydrazone groups is 1. The highest BCUT2D eigenvalue weighted by atomic mass is 79.9. The number of benzene rings is 3. The van der Waals surface area contributed by atoms with Crippen LogP contribution in [0.4, 0.5) is 5.69 Å². The number of hydrogen-bond donors (Lipinski definition) is 1. The Labute approximate surface area is 220 Å². The lowest BCUT2D eigenvalue weighted by Gasteiger charge is -2.13. The first-order valence-corrected chi connectivity index (χ1v) is 11.5. The molecule has 1 unspecified atom stereocenters. The second kappa shape index (κ2) is 12.5. The van der Waals surface area contributed by atoms with E-state index in [1.807, 2.05) is 0 Å². The molecule has 1 atom stereocenters. The van der Waals surface area contributed by atoms with Crippen LogP contribution in [0.5, 0.6) is 23.0 Å². The van der Waals surface area contributed by atoms with Crippen LogP contribution in [0, 0.1) is 10.1 Å². The van der Waals surface area contributed by atoms with Crippen LogP contribution >= 0.6 is 15.9 Å². The molecule has 0 spiro atoms. The first-order valence-electron chi connectivity index (χ1n) is 10.7. The van der Waals surface area contributed by atoms with Crippen molar-refractivity contribution in [3.63, 3.8) is 0 Å². The Hall–Kier alpha value is -4.45. The largest absolute Gasteiger partial charge is 0.493 e. The monoisotopic (exact) mass is 571 g/mol. The molecule has 0 fully saturated rings. The lowest BCUT2D eigenvalue weighted by molar-refractivity contribution is -0.384. The van der Waals surface area contributed by atoms with Crippen molar-refractivity contribution in [2.24, 2.45) is 5.10 Å². The molecule has 0 radical (unpaired) electrons. The smallest absolute Gasteiger partial charge is 0.343 e. The number of halogens is 1. The molecule has 1 N–H and O–H groups in total. The molecule has 37 heavy (non-hydrogen) atoms. The highest BCUT2D eigenvalue weighted by molar-refractivity contribution is 9.10. The van der Waals surface area contributed by atoms with Crippen molar-refractivity contribution >= 4 is 39.7 Å². The van der Waals surface area contributed by atoms with E-state index in [0.29, 0.717) is 21.5 Å². The van der Waals surface area contributed by atoms with Crippen LogP contribution < -0.4 is 24.4 Å². The molecule has 0 heterocycles. The van der Waals surface area contributed by atoms with Gasteiger partial charge in [-0.15, -0.1) is 0 Å². The molecule has 11 nitrogen and oxygen atoms in total. The third kappa shape index (κ3) is 7.27. The van der Waals surface area contributed by atoms with E-state index in [4.69, 9.17) is 18.9 Å². The van der Waals surface area contributed by atoms with E-state index in [2.05, 4.69) is 26.5 Å². The Bertz CT molecular complexity index is 1330. The molecule has 0 aromatic heterocycles. The number of nitro groups is 1. The topological polar surface area (TPSA) is 139 Å². The van der Waals surface area contributed by atoms with Gasteiger partial charge in [-0.1, -0.05) is 15.9 Å². The summed E-state index contributed by atoms with van der Waals surface area (Å²) in [5.41, 5.74) is 2.91. The molecule has 12 heteroatoms. The van der Waals surface area contributed by atoms with Gasteiger partial charge in [0, 0.05) is 22.2 Å². The number of esters is 1. The fourth-order valence-corrected chi connectivity index (χ4v) is 3.37. The SMILES string of the molecule is COc1ccc(C(=O)Oc2ccc(Br)cc2C=NNC(=O)C(C)Oc2ccc([N+](=O)[O-])cc2)cc1OC. The van der Waals surface area contributed by atoms with Gasteiger partial charge in [-0.2, -0.15) is 5.10 Å². The fraction of sp³-hybridized carbons (Fsp3) is 0.160. The lowest BCUT2D eigenvalue weighted by atomic mass is 10.2. The summed E-state index contributed by atoms with van der Waals surface area (Å²) < 4.78 is 22.1. The Morgan fingerprint density at radius 3 is 2.32 bits per heavy atom. The van der Waals surface area contributed by atoms with E-state index in [1.165, 1.54) is 57.7 Å². The molecular formula is C25H22BrN3O8. The zero-order chi connectivity index (χ0) is 26.9. The standard InChI is InChI=1S/C25H22BrN3O8/c1-15(36-20-8-6-19(7-9-20)29(32)33)24(30)28-27-14-17-12-18(26)5-11-21(17)37-25(31)16-4-10-22(34-2)23(13-16)35-3/h4-15H,1-3H3,(H,28,30). The van der Waals surface area contributed by atoms with Crippen LogP contribution in [0.25, 0.3) is 0 Å². The molecule has 0 aliphatic rings. The first kappa shape index (κ1) is 27.1. The molecule has 0 aliphatic heterocycles. The number of amides is 1. The van der Waals surface area contributed by atoms with E-state index >= 15 is 0 Å². The Morgan fingerprint density at radius 1 is 1.00 bits per heavy atom. The zero-order valence-electron chi connectivity index (χ0n) is 20.0. The number of ether oxygens (including phenoxy) is 4. The van der Waals surface area contributed by atoms with Gasteiger partial charge in [0.15, 0.2) is 17.6 Å². The number of non-ortho nitro benzene ring substituents is 1. The first-order chi connectivity index (χ1) is 17.7. The van der Waals surface area contributed by atoms with Gasteiger partial charge in [0.2, 0.25) is 0 Å². The molecule has 0 bridgehead atoms. The minimum Gasteiger partial charge on any atom is -0.493 e. The van der Waals surface area contributed by atoms with Gasteiger partial charge in [-0.05, 0) is 55.5 Å². The summed E-state index contributed by atoms with van der Waals surface area (Å²) in [4.78, 5) is 35.3. The van der Waals surface area contributed by atoms with Crippen LogP contribution in [-0.2, 0) is 4.79 Å². The molecular weight excluding hydrogens is 550 g/mol. The van der Waals surface area contributed by atoms with Crippen molar-refractivity contribution in [1.29, 1.82) is 0 Å². The zero-order valence-corrected chi connectivity index (χ0v) is 21.6. The van der Waals surface area contributed by atoms with Gasteiger partial charge in [-0.25, -0.2) is 10.2 Å². The van der Waals surface area contributed by atoms with Gasteiger partial charge in [-0.3, -0.25) is 14.9 Å². The molecule has 0 saturated carbocycles. The number of nitrogens with one attached hydrogen (secondary N) is 1. The Balaban J connectivity index is 1.66. The van der Waals surface area contributed by atoms with Crippen LogP contribution in [0.3, 0.4) is 0 Å². The molecule has 0 saturated heterocycles. The second-order valence-corrected chi connectivity index (χ2v) is 8.30. The molecule has 0 aliphatic carbocycles. The van der Waals surface area contributed by atoms with Crippen molar-refractivity contribution in [1.82, 2.24) is 5.43 Å². The van der Waals surface area contributed by atoms with E-state index < -0.39 is 22.9 Å². The van der Waals surface area contributed by atoms with Gasteiger partial charge in [0.1, 0.15) is 11.5 Å². The summed E-state index contributed by atoms with van der Waals surface area (Å²) >= 11 is 3.36. The molecule has 1 amide bonds. The van der Waals surface area contributed by atoms with Crippen molar-refractivity contribution in [2.75, 3.05) is 14.2 Å². The predicted molar refractivity (Wildman–Crippen MR) is 138 cm³/mol. The number of methoxy groups -OCH3 is 2. The van der Waals surface area contributed by atoms with E-state index in [0.717, 1.165) is 0 Å². The quantitative estimate of drug-likeness (QED) is 0.123. The summed E-state index contributed by atoms with van der Waals surface area (Å²) in [5, 5.41) is 14.7. The fourth-order valence-electron chi connectivity index (χ4n) is 3.00. The summed E-state index contributed by atoms with van der Waals surface area (Å²) in [6.45, 7) is 1.50. The third-order valence-corrected chi connectivity index (χ3v) is 5.39. The maximum Gasteiger partial charge on any atom is 0.343 e. The minimum atomic E-state index is -0.941. The lowest BCUT2D eigenvalue weighted by Crippen LogP contribution is -2.33. The maximum absolute atomic E-state index is 12.7. The van der Waals surface area contributed by atoms with Crippen molar-refractivity contribution in [2.45, 2.75) is 13.0 Å². The molecule has 3 rings (SSSR count). The Morgan fingerprint density at radius 2 is 1.68 bits per heavy atom. The summed E-state index contributed by atoms with van der Waals surface area (Å²) in [6, 6.07) is 14.9. The number of hydrogen-bond acceptors (Lipinski definition) is 9. The molecule has 3 aromatic rings. The Kier molecular flexibility index (Phi) is 9.16. The summed E-state index contributed by atoms with van der Waals surface area (Å²) in [6.07, 6.45) is 0.377. The van der Waals surface area contributed by atoms with Crippen LogP contribution in [-0.4, -0.2) is 43.3 Å². The van der Waals surface area contributed by atoms with E-state index in [9.17, 15) is 19.7 Å². The average Bonchev–Trinajstić information content (AvgIpc) is 2.89. The van der Waals surface area contributed by atoms with Gasteiger partial charge in [0.25, 0.3) is 11.6 Å². The minimum absolute atomic E-state index is 0.0919. The van der Waals surface area contributed by atoms with Gasteiger partial charge in [0.05, 0.1) is 30.9 Å². The number of carbonyl (C=O) groups is 2. The normalized spacial score (nSPS) is 11.5. The number of nitrogens with zero attached hydrogens (tertiary/aromatic N) is 2. The van der Waals surface area contributed by atoms with Gasteiger partial charge < -0.3 is 18.9 Å². The summed E-state index contributed by atoms with van der Waals surface area (Å²) in [5.74, 6) is 0.144. The average molecular weight is 572 g/mol. The van der Waals surface area contributed by atoms with Crippen LogP contribution in [0.1, 0.15) is 22.8 Å². The van der Waals surface area contributed by atoms with Crippen molar-refractivity contribution in [3.8, 4) is 23.0 Å². The van der Waals surface area contributed by atoms with Crippen LogP contribution in [0.2, 0.25) is 0 Å². The van der Waals surface area contributed by atoms with Crippen LogP contribution in [0.15, 0.2) is 70.2 Å². The van der Waals surface area contributed by atoms with Gasteiger partial charge >= 0.3 is 5.97 Å². The highest BCUT2D eigenvalue weighted by Crippen LogP contribution is 2.29. The summed E-state index contributed by atoms with van der Waals surface area (Å²) in [7, 11) is 2.95. The van der Waals surface area contributed by atoms with E-state index in [1.54, 1.807) is 30.3 Å². The number of rotatable bonds is 10. The number of nitro benzene ring substituents is 1. The van der Waals surface area contributed by atoms with Crippen molar-refractivity contribution in [3.05, 3.63) is 86.4 Å². The van der Waals surface area contributed by atoms with Crippen molar-refractivity contribution < 1.29 is 33.5 Å². The molecule has 192 valence electrons. The molecule has 3 aromatic carbocycles. The maximum atomic E-state index is 12.7. The predicted octanol–water partition coefficient (Wildman–Crippen LogP) is 4.51. The third-order valence-electron chi connectivity index (χ3n) is 4.90. The highest BCUT2D eigenvalue weighted by Gasteiger charge is 2.17. The number of carbonyl (C=O) groups excluding carboxylic acids is 2.